The third kappa shape index (κ3) is 4.92. The highest BCUT2D eigenvalue weighted by atomic mass is 16.4. The van der Waals surface area contributed by atoms with Crippen LogP contribution in [0.25, 0.3) is 0 Å². The highest BCUT2D eigenvalue weighted by Gasteiger charge is 2.06. The van der Waals surface area contributed by atoms with Crippen molar-refractivity contribution in [3.05, 3.63) is 17.8 Å². The Balaban J connectivity index is 2.16. The van der Waals surface area contributed by atoms with Gasteiger partial charge in [-0.2, -0.15) is 0 Å². The van der Waals surface area contributed by atoms with Crippen molar-refractivity contribution in [2.75, 3.05) is 27.2 Å². The monoisotopic (exact) mass is 213 g/mol. The molecule has 1 unspecified atom stereocenters. The Morgan fingerprint density at radius 3 is 2.87 bits per heavy atom. The van der Waals surface area contributed by atoms with Crippen LogP contribution in [0.2, 0.25) is 0 Å². The average Bonchev–Trinajstić information content (AvgIpc) is 2.50. The molecule has 1 heterocycles. The van der Waals surface area contributed by atoms with E-state index in [0.29, 0.717) is 25.5 Å². The van der Waals surface area contributed by atoms with Crippen molar-refractivity contribution in [2.24, 2.45) is 0 Å². The number of aliphatic hydroxyl groups is 1. The first-order valence-corrected chi connectivity index (χ1v) is 5.02. The van der Waals surface area contributed by atoms with Gasteiger partial charge in [-0.3, -0.25) is 0 Å². The lowest BCUT2D eigenvalue weighted by molar-refractivity contribution is 0.134. The van der Waals surface area contributed by atoms with Gasteiger partial charge in [0, 0.05) is 13.1 Å². The maximum absolute atomic E-state index is 9.55. The average molecular weight is 213 g/mol. The highest BCUT2D eigenvalue weighted by Crippen LogP contribution is 2.00. The second-order valence-corrected chi connectivity index (χ2v) is 3.91. The van der Waals surface area contributed by atoms with Crippen LogP contribution in [0.1, 0.15) is 11.7 Å². The van der Waals surface area contributed by atoms with Gasteiger partial charge in [0.2, 0.25) is 5.89 Å². The molecule has 5 heteroatoms. The standard InChI is InChI=1S/C10H19N3O2/c1-8-4-12-10(15-8)6-11-5-9(14)7-13(2)3/h4,9,11,14H,5-7H2,1-3H3. The van der Waals surface area contributed by atoms with E-state index in [1.807, 2.05) is 25.9 Å². The van der Waals surface area contributed by atoms with Gasteiger partial charge >= 0.3 is 0 Å². The maximum Gasteiger partial charge on any atom is 0.208 e. The van der Waals surface area contributed by atoms with E-state index in [4.69, 9.17) is 4.42 Å². The fourth-order valence-corrected chi connectivity index (χ4v) is 1.31. The Morgan fingerprint density at radius 1 is 1.60 bits per heavy atom. The largest absolute Gasteiger partial charge is 0.445 e. The van der Waals surface area contributed by atoms with Crippen molar-refractivity contribution >= 4 is 0 Å². The van der Waals surface area contributed by atoms with Crippen molar-refractivity contribution in [3.63, 3.8) is 0 Å². The summed E-state index contributed by atoms with van der Waals surface area (Å²) in [6.45, 7) is 3.60. The minimum atomic E-state index is -0.365. The van der Waals surface area contributed by atoms with Gasteiger partial charge in [0.1, 0.15) is 5.76 Å². The van der Waals surface area contributed by atoms with E-state index in [0.717, 1.165) is 5.76 Å². The summed E-state index contributed by atoms with van der Waals surface area (Å²) in [7, 11) is 3.86. The van der Waals surface area contributed by atoms with E-state index in [9.17, 15) is 5.11 Å². The van der Waals surface area contributed by atoms with Crippen LogP contribution in [0, 0.1) is 6.92 Å². The van der Waals surface area contributed by atoms with E-state index in [-0.39, 0.29) is 6.10 Å². The lowest BCUT2D eigenvalue weighted by Gasteiger charge is -2.15. The summed E-state index contributed by atoms with van der Waals surface area (Å²) < 4.78 is 5.28. The summed E-state index contributed by atoms with van der Waals surface area (Å²) in [4.78, 5) is 6.00. The van der Waals surface area contributed by atoms with Gasteiger partial charge in [0.15, 0.2) is 0 Å². The molecule has 1 atom stereocenters. The normalized spacial score (nSPS) is 13.4. The molecule has 0 aliphatic rings. The second kappa shape index (κ2) is 5.85. The Bertz CT molecular complexity index is 286. The molecule has 0 spiro atoms. The van der Waals surface area contributed by atoms with Crippen LogP contribution in [0.5, 0.6) is 0 Å². The van der Waals surface area contributed by atoms with Gasteiger partial charge in [-0.15, -0.1) is 0 Å². The predicted molar refractivity (Wildman–Crippen MR) is 57.5 cm³/mol. The molecule has 15 heavy (non-hydrogen) atoms. The van der Waals surface area contributed by atoms with Gasteiger partial charge in [-0.05, 0) is 21.0 Å². The molecule has 0 saturated carbocycles. The van der Waals surface area contributed by atoms with Gasteiger partial charge < -0.3 is 19.7 Å². The van der Waals surface area contributed by atoms with E-state index >= 15 is 0 Å². The van der Waals surface area contributed by atoms with Crippen molar-refractivity contribution in [2.45, 2.75) is 19.6 Å². The van der Waals surface area contributed by atoms with Crippen LogP contribution in [0.15, 0.2) is 10.6 Å². The molecule has 0 fully saturated rings. The van der Waals surface area contributed by atoms with Gasteiger partial charge in [0.05, 0.1) is 18.8 Å². The van der Waals surface area contributed by atoms with Gasteiger partial charge in [-0.1, -0.05) is 0 Å². The number of aryl methyl sites for hydroxylation is 1. The first-order valence-electron chi connectivity index (χ1n) is 5.02. The van der Waals surface area contributed by atoms with Crippen molar-refractivity contribution in [1.29, 1.82) is 0 Å². The zero-order valence-corrected chi connectivity index (χ0v) is 9.53. The molecule has 0 aliphatic heterocycles. The van der Waals surface area contributed by atoms with E-state index in [2.05, 4.69) is 10.3 Å². The number of rotatable bonds is 6. The Kier molecular flexibility index (Phi) is 4.74. The first kappa shape index (κ1) is 12.2. The maximum atomic E-state index is 9.55. The Hall–Kier alpha value is -0.910. The number of aliphatic hydroxyl groups excluding tert-OH is 1. The Labute approximate surface area is 90.1 Å². The van der Waals surface area contributed by atoms with Crippen LogP contribution in [0.3, 0.4) is 0 Å². The SMILES string of the molecule is Cc1cnc(CNCC(O)CN(C)C)o1. The minimum absolute atomic E-state index is 0.365. The number of hydrogen-bond acceptors (Lipinski definition) is 5. The lowest BCUT2D eigenvalue weighted by atomic mass is 10.3. The molecule has 0 amide bonds. The van der Waals surface area contributed by atoms with Crippen LogP contribution in [-0.2, 0) is 6.54 Å². The van der Waals surface area contributed by atoms with Crippen molar-refractivity contribution in [3.8, 4) is 0 Å². The van der Waals surface area contributed by atoms with Crippen molar-refractivity contribution in [1.82, 2.24) is 15.2 Å². The third-order valence-corrected chi connectivity index (χ3v) is 1.90. The molecular formula is C10H19N3O2. The molecule has 2 N–H and O–H groups in total. The van der Waals surface area contributed by atoms with Crippen LogP contribution >= 0.6 is 0 Å². The molecular weight excluding hydrogens is 194 g/mol. The summed E-state index contributed by atoms with van der Waals surface area (Å²) in [5, 5.41) is 12.6. The smallest absolute Gasteiger partial charge is 0.208 e. The van der Waals surface area contributed by atoms with Crippen molar-refractivity contribution < 1.29 is 9.52 Å². The van der Waals surface area contributed by atoms with Gasteiger partial charge in [0.25, 0.3) is 0 Å². The molecule has 0 bridgehead atoms. The van der Waals surface area contributed by atoms with Crippen LogP contribution in [-0.4, -0.2) is 48.3 Å². The third-order valence-electron chi connectivity index (χ3n) is 1.90. The zero-order valence-electron chi connectivity index (χ0n) is 9.53. The number of hydrogen-bond donors (Lipinski definition) is 2. The quantitative estimate of drug-likeness (QED) is 0.696. The molecule has 0 radical (unpaired) electrons. The molecule has 1 aromatic rings. The van der Waals surface area contributed by atoms with E-state index in [1.54, 1.807) is 6.20 Å². The van der Waals surface area contributed by atoms with Gasteiger partial charge in [-0.25, -0.2) is 4.98 Å². The van der Waals surface area contributed by atoms with E-state index in [1.165, 1.54) is 0 Å². The molecule has 5 nitrogen and oxygen atoms in total. The summed E-state index contributed by atoms with van der Waals surface area (Å²) in [6, 6.07) is 0. The number of nitrogens with one attached hydrogen (secondary N) is 1. The molecule has 0 aromatic carbocycles. The fourth-order valence-electron chi connectivity index (χ4n) is 1.31. The zero-order chi connectivity index (χ0) is 11.3. The summed E-state index contributed by atoms with van der Waals surface area (Å²) in [6.07, 6.45) is 1.32. The molecule has 0 saturated heterocycles. The number of likely N-dealkylation sites (N-methyl/N-ethyl adjacent to an activating group) is 1. The highest BCUT2D eigenvalue weighted by molar-refractivity contribution is 4.90. The number of oxazole rings is 1. The number of nitrogens with zero attached hydrogens (tertiary/aromatic N) is 2. The molecule has 1 aromatic heterocycles. The summed E-state index contributed by atoms with van der Waals surface area (Å²) >= 11 is 0. The number of aromatic nitrogens is 1. The topological polar surface area (TPSA) is 61.5 Å². The summed E-state index contributed by atoms with van der Waals surface area (Å²) in [5.74, 6) is 1.46. The summed E-state index contributed by atoms with van der Waals surface area (Å²) in [5.41, 5.74) is 0. The first-order chi connectivity index (χ1) is 7.08. The molecule has 0 aliphatic carbocycles. The lowest BCUT2D eigenvalue weighted by Crippen LogP contribution is -2.34. The van der Waals surface area contributed by atoms with E-state index < -0.39 is 0 Å². The van der Waals surface area contributed by atoms with Crippen LogP contribution < -0.4 is 5.32 Å². The van der Waals surface area contributed by atoms with Crippen LogP contribution in [0.4, 0.5) is 0 Å². The molecule has 1 rings (SSSR count). The predicted octanol–water partition coefficient (Wildman–Crippen LogP) is -0.00488. The Morgan fingerprint density at radius 2 is 2.33 bits per heavy atom. The molecule has 86 valence electrons. The fraction of sp³-hybridized carbons (Fsp3) is 0.700. The minimum Gasteiger partial charge on any atom is -0.445 e. The second-order valence-electron chi connectivity index (χ2n) is 3.91.